The molecule has 4 aliphatic rings. The summed E-state index contributed by atoms with van der Waals surface area (Å²) in [6, 6.07) is 32.9. The molecule has 3 N–H and O–H groups in total. The summed E-state index contributed by atoms with van der Waals surface area (Å²) in [4.78, 5) is 62.9. The maximum atomic E-state index is 15.2. The molecule has 0 unspecified atom stereocenters. The van der Waals surface area contributed by atoms with Crippen LogP contribution in [0, 0.1) is 5.92 Å². The van der Waals surface area contributed by atoms with Crippen LogP contribution in [0.4, 0.5) is 17.1 Å². The molecule has 0 aliphatic carbocycles. The van der Waals surface area contributed by atoms with Crippen molar-refractivity contribution in [3.63, 3.8) is 0 Å². The van der Waals surface area contributed by atoms with Gasteiger partial charge < -0.3 is 34.7 Å². The number of anilines is 3. The fourth-order valence-corrected chi connectivity index (χ4v) is 12.8. The molecule has 13 heteroatoms. The highest BCUT2D eigenvalue weighted by molar-refractivity contribution is 6.71. The number of fused-ring (bicyclic) bond motifs is 2. The van der Waals surface area contributed by atoms with E-state index < -0.39 is 37.0 Å². The Balaban J connectivity index is 1.09. The van der Waals surface area contributed by atoms with Crippen LogP contribution >= 0.6 is 11.6 Å². The van der Waals surface area contributed by atoms with Gasteiger partial charge in [0, 0.05) is 46.5 Å². The quantitative estimate of drug-likeness (QED) is 0.157. The van der Waals surface area contributed by atoms with Crippen LogP contribution in [0.3, 0.4) is 0 Å². The number of halogens is 1. The van der Waals surface area contributed by atoms with Crippen LogP contribution in [0.15, 0.2) is 103 Å². The van der Waals surface area contributed by atoms with Gasteiger partial charge in [-0.05, 0) is 92.6 Å². The Kier molecular flexibility index (Phi) is 11.0. The van der Waals surface area contributed by atoms with Gasteiger partial charge in [-0.3, -0.25) is 19.3 Å². The number of rotatable bonds is 11. The average molecular weight is 822 g/mol. The van der Waals surface area contributed by atoms with E-state index in [4.69, 9.17) is 16.3 Å². The highest BCUT2D eigenvalue weighted by Gasteiger charge is 2.66. The number of para-hydroxylation sites is 1. The Morgan fingerprint density at radius 2 is 1.59 bits per heavy atom. The lowest BCUT2D eigenvalue weighted by Gasteiger charge is -2.39. The van der Waals surface area contributed by atoms with Gasteiger partial charge in [0.2, 0.25) is 5.91 Å². The second kappa shape index (κ2) is 15.9. The van der Waals surface area contributed by atoms with E-state index >= 15 is 4.79 Å². The lowest BCUT2D eigenvalue weighted by molar-refractivity contribution is -0.150. The number of piperidine rings is 1. The van der Waals surface area contributed by atoms with Crippen molar-refractivity contribution in [3.05, 3.63) is 125 Å². The minimum atomic E-state index is -3.07. The number of amides is 3. The third-order valence-electron chi connectivity index (χ3n) is 12.8. The van der Waals surface area contributed by atoms with Gasteiger partial charge in [0.1, 0.15) is 5.54 Å². The average Bonchev–Trinajstić information content (AvgIpc) is 3.75. The van der Waals surface area contributed by atoms with E-state index in [-0.39, 0.29) is 43.8 Å². The SMILES string of the molecule is C[C@H]1[C@H]([Si](C)(C)O)[C@@H](CC(=O)N(CCO)Cc2ccccc2)O[C@]12C(=O)N(Cc1cccc(N3CN(c4ccccc4)C4(CCNCC4)C3=O)c1)c1ccc(Cl)cc12. The fourth-order valence-electron chi connectivity index (χ4n) is 10.1. The van der Waals surface area contributed by atoms with Gasteiger partial charge in [0.15, 0.2) is 13.9 Å². The molecule has 4 aliphatic heterocycles. The van der Waals surface area contributed by atoms with Gasteiger partial charge in [0.25, 0.3) is 11.8 Å². The Bertz CT molecular complexity index is 2170. The van der Waals surface area contributed by atoms with Crippen LogP contribution in [-0.4, -0.2) is 85.4 Å². The monoisotopic (exact) mass is 821 g/mol. The van der Waals surface area contributed by atoms with Crippen LogP contribution in [-0.2, 0) is 37.8 Å². The molecule has 3 amide bonds. The largest absolute Gasteiger partial charge is 0.432 e. The number of hydrogen-bond donors (Lipinski definition) is 3. The highest BCUT2D eigenvalue weighted by atomic mass is 35.5. The van der Waals surface area contributed by atoms with Crippen molar-refractivity contribution in [3.8, 4) is 0 Å². The molecule has 304 valence electrons. The first kappa shape index (κ1) is 40.2. The molecule has 2 spiro atoms. The maximum Gasteiger partial charge on any atom is 0.264 e. The highest BCUT2D eigenvalue weighted by Crippen LogP contribution is 2.60. The zero-order valence-electron chi connectivity index (χ0n) is 33.3. The van der Waals surface area contributed by atoms with Crippen molar-refractivity contribution in [2.45, 2.75) is 75.2 Å². The molecule has 0 radical (unpaired) electrons. The predicted molar refractivity (Wildman–Crippen MR) is 228 cm³/mol. The molecule has 11 nitrogen and oxygen atoms in total. The Labute approximate surface area is 346 Å². The van der Waals surface area contributed by atoms with Crippen molar-refractivity contribution in [1.82, 2.24) is 10.2 Å². The van der Waals surface area contributed by atoms with E-state index in [1.807, 2.05) is 104 Å². The number of nitrogens with zero attached hydrogens (tertiary/aromatic N) is 4. The number of carbonyl (C=O) groups is 3. The van der Waals surface area contributed by atoms with Gasteiger partial charge in [-0.15, -0.1) is 0 Å². The maximum absolute atomic E-state index is 15.2. The summed E-state index contributed by atoms with van der Waals surface area (Å²) >= 11 is 6.66. The topological polar surface area (TPSA) is 126 Å². The molecule has 0 aromatic heterocycles. The van der Waals surface area contributed by atoms with Crippen LogP contribution in [0.1, 0.15) is 42.9 Å². The second-order valence-corrected chi connectivity index (χ2v) is 21.1. The third-order valence-corrected chi connectivity index (χ3v) is 15.5. The van der Waals surface area contributed by atoms with Gasteiger partial charge in [-0.1, -0.05) is 79.2 Å². The Morgan fingerprint density at radius 3 is 2.28 bits per heavy atom. The minimum absolute atomic E-state index is 0.0623. The lowest BCUT2D eigenvalue weighted by Crippen LogP contribution is -2.55. The standard InChI is InChI=1S/C45H52ClN5O6Si/c1-31-41(58(2,3)56)39(27-40(53)48(23-24-52)28-32-11-6-4-7-12-32)57-45(31)37-26-34(46)17-18-38(37)49(43(45)55)29-33-13-10-16-36(25-33)50-30-51(35-14-8-5-9-15-35)44(42(50)54)19-21-47-22-20-44/h4-18,25-26,31,39,41,47,52,56H,19-24,27-30H2,1-3H3/t31-,39+,41-,45+/m0/s1. The molecular formula is C45H52ClN5O6Si. The first-order valence-corrected chi connectivity index (χ1v) is 23.7. The van der Waals surface area contributed by atoms with E-state index in [0.717, 1.165) is 35.6 Å². The molecular weight excluding hydrogens is 770 g/mol. The molecule has 3 fully saturated rings. The summed E-state index contributed by atoms with van der Waals surface area (Å²) in [7, 11) is -3.07. The number of nitrogens with one attached hydrogen (secondary N) is 1. The van der Waals surface area contributed by atoms with Crippen molar-refractivity contribution >= 4 is 54.7 Å². The third kappa shape index (κ3) is 7.03. The van der Waals surface area contributed by atoms with Crippen molar-refractivity contribution in [2.24, 2.45) is 5.92 Å². The second-order valence-electron chi connectivity index (χ2n) is 16.7. The normalized spacial score (nSPS) is 24.0. The molecule has 4 atom stereocenters. The number of hydrogen-bond acceptors (Lipinski definition) is 8. The Morgan fingerprint density at radius 1 is 0.914 bits per heavy atom. The molecule has 8 rings (SSSR count). The summed E-state index contributed by atoms with van der Waals surface area (Å²) in [6.07, 6.45) is 0.577. The Hall–Kier alpha value is -4.56. The van der Waals surface area contributed by atoms with Crippen molar-refractivity contribution in [1.29, 1.82) is 0 Å². The summed E-state index contributed by atoms with van der Waals surface area (Å²) < 4.78 is 6.96. The van der Waals surface area contributed by atoms with Gasteiger partial charge >= 0.3 is 0 Å². The minimum Gasteiger partial charge on any atom is -0.432 e. The smallest absolute Gasteiger partial charge is 0.264 e. The number of ether oxygens (including phenoxy) is 1. The first-order valence-electron chi connectivity index (χ1n) is 20.3. The molecule has 0 bridgehead atoms. The molecule has 0 saturated carbocycles. The number of carbonyl (C=O) groups excluding carboxylic acids is 3. The number of aliphatic hydroxyl groups excluding tert-OH is 1. The molecule has 4 aromatic carbocycles. The van der Waals surface area contributed by atoms with E-state index in [9.17, 15) is 19.5 Å². The predicted octanol–water partition coefficient (Wildman–Crippen LogP) is 6.03. The van der Waals surface area contributed by atoms with Crippen LogP contribution in [0.2, 0.25) is 23.7 Å². The van der Waals surface area contributed by atoms with Crippen LogP contribution < -0.4 is 20.0 Å². The molecule has 4 heterocycles. The summed E-state index contributed by atoms with van der Waals surface area (Å²) in [6.45, 7) is 7.98. The van der Waals surface area contributed by atoms with E-state index in [1.165, 1.54) is 0 Å². The number of aliphatic hydroxyl groups is 1. The van der Waals surface area contributed by atoms with Crippen molar-refractivity contribution in [2.75, 3.05) is 47.6 Å². The summed E-state index contributed by atoms with van der Waals surface area (Å²) in [5.41, 5.74) is 2.18. The van der Waals surface area contributed by atoms with Gasteiger partial charge in [-0.2, -0.15) is 0 Å². The first-order chi connectivity index (χ1) is 27.9. The van der Waals surface area contributed by atoms with E-state index in [0.29, 0.717) is 42.3 Å². The van der Waals surface area contributed by atoms with E-state index in [1.54, 1.807) is 21.9 Å². The fraction of sp³-hybridized carbons (Fsp3) is 0.400. The van der Waals surface area contributed by atoms with E-state index in [2.05, 4.69) is 22.3 Å². The summed E-state index contributed by atoms with van der Waals surface area (Å²) in [5.74, 6) is -0.929. The molecule has 4 aromatic rings. The summed E-state index contributed by atoms with van der Waals surface area (Å²) in [5, 5.41) is 13.8. The molecule has 58 heavy (non-hydrogen) atoms. The van der Waals surface area contributed by atoms with Crippen molar-refractivity contribution < 1.29 is 29.0 Å². The lowest BCUT2D eigenvalue weighted by atomic mass is 9.82. The van der Waals surface area contributed by atoms with Crippen LogP contribution in [0.5, 0.6) is 0 Å². The van der Waals surface area contributed by atoms with Gasteiger partial charge in [-0.25, -0.2) is 0 Å². The van der Waals surface area contributed by atoms with Crippen LogP contribution in [0.25, 0.3) is 0 Å². The zero-order valence-corrected chi connectivity index (χ0v) is 35.1. The van der Waals surface area contributed by atoms with Gasteiger partial charge in [0.05, 0.1) is 38.0 Å². The zero-order chi connectivity index (χ0) is 40.8. The number of benzene rings is 4. The molecule has 3 saturated heterocycles.